The van der Waals surface area contributed by atoms with E-state index < -0.39 is 23.4 Å². The van der Waals surface area contributed by atoms with Gasteiger partial charge in [-0.05, 0) is 112 Å². The molecule has 0 spiro atoms. The van der Waals surface area contributed by atoms with Crippen molar-refractivity contribution in [2.45, 2.75) is 80.7 Å². The molecule has 12 heteroatoms. The number of ether oxygens (including phenoxy) is 3. The van der Waals surface area contributed by atoms with E-state index in [1.54, 1.807) is 25.5 Å². The predicted octanol–water partition coefficient (Wildman–Crippen LogP) is 6.88. The molecule has 3 N–H and O–H groups in total. The van der Waals surface area contributed by atoms with Crippen LogP contribution in [0.1, 0.15) is 61.5 Å². The van der Waals surface area contributed by atoms with E-state index in [0.29, 0.717) is 31.1 Å². The van der Waals surface area contributed by atoms with Crippen molar-refractivity contribution in [3.8, 4) is 17.5 Å². The predicted molar refractivity (Wildman–Crippen MR) is 233 cm³/mol. The molecule has 7 heterocycles. The quantitative estimate of drug-likeness (QED) is 0.105. The summed E-state index contributed by atoms with van der Waals surface area (Å²) < 4.78 is 20.0. The fourth-order valence-corrected chi connectivity index (χ4v) is 11.0. The molecule has 5 fully saturated rings. The van der Waals surface area contributed by atoms with E-state index in [4.69, 9.17) is 24.4 Å². The van der Waals surface area contributed by atoms with E-state index in [1.165, 1.54) is 0 Å². The minimum atomic E-state index is -0.969. The Morgan fingerprint density at radius 1 is 0.820 bits per heavy atom. The third-order valence-electron chi connectivity index (χ3n) is 14.4. The van der Waals surface area contributed by atoms with E-state index in [9.17, 15) is 15.3 Å². The van der Waals surface area contributed by atoms with Crippen molar-refractivity contribution in [2.24, 2.45) is 11.8 Å². The number of aliphatic hydroxyl groups is 3. The minimum absolute atomic E-state index is 0.0281. The van der Waals surface area contributed by atoms with Crippen LogP contribution < -0.4 is 14.2 Å². The van der Waals surface area contributed by atoms with Crippen LogP contribution in [0.2, 0.25) is 0 Å². The molecule has 3 aromatic carbocycles. The van der Waals surface area contributed by atoms with Crippen molar-refractivity contribution >= 4 is 32.6 Å². The minimum Gasteiger partial charge on any atom is -0.497 e. The first-order valence-corrected chi connectivity index (χ1v) is 21.4. The Balaban J connectivity index is 1.06. The summed E-state index contributed by atoms with van der Waals surface area (Å²) in [6.45, 7) is 12.1. The first kappa shape index (κ1) is 39.6. The number of likely N-dealkylation sites (tertiary alicyclic amines) is 1. The van der Waals surface area contributed by atoms with Crippen LogP contribution in [0.4, 0.5) is 0 Å². The molecular formula is C49H52N6O6. The Morgan fingerprint density at radius 2 is 1.51 bits per heavy atom. The monoisotopic (exact) mass is 820 g/mol. The van der Waals surface area contributed by atoms with Crippen LogP contribution in [0.3, 0.4) is 0 Å². The zero-order valence-corrected chi connectivity index (χ0v) is 34.6. The average Bonchev–Trinajstić information content (AvgIpc) is 3.67. The first-order valence-electron chi connectivity index (χ1n) is 21.4. The molecule has 6 aromatic rings. The average molecular weight is 821 g/mol. The van der Waals surface area contributed by atoms with Crippen molar-refractivity contribution in [1.82, 2.24) is 30.0 Å². The number of piperidine rings is 3. The summed E-state index contributed by atoms with van der Waals surface area (Å²) >= 11 is 0. The number of hydrogen-bond acceptors (Lipinski definition) is 12. The van der Waals surface area contributed by atoms with Gasteiger partial charge in [-0.1, -0.05) is 30.4 Å². The molecule has 5 aliphatic rings. The summed E-state index contributed by atoms with van der Waals surface area (Å²) in [7, 11) is 1.66. The van der Waals surface area contributed by atoms with Gasteiger partial charge in [0.15, 0.2) is 0 Å². The van der Waals surface area contributed by atoms with Crippen LogP contribution in [-0.4, -0.2) is 101 Å². The molecule has 2 bridgehead atoms. The number of pyridine rings is 2. The molecule has 1 saturated carbocycles. The van der Waals surface area contributed by atoms with E-state index in [0.717, 1.165) is 80.9 Å². The van der Waals surface area contributed by atoms with Crippen molar-refractivity contribution in [3.05, 3.63) is 127 Å². The van der Waals surface area contributed by atoms with Crippen LogP contribution in [-0.2, 0) is 6.61 Å². The van der Waals surface area contributed by atoms with Gasteiger partial charge in [0.2, 0.25) is 11.8 Å². The van der Waals surface area contributed by atoms with Gasteiger partial charge in [0.1, 0.15) is 18.0 Å². The normalized spacial score (nSPS) is 28.5. The summed E-state index contributed by atoms with van der Waals surface area (Å²) in [5, 5.41) is 45.9. The van der Waals surface area contributed by atoms with Gasteiger partial charge in [-0.15, -0.1) is 23.4 Å². The standard InChI is InChI=1S/C49H52N6O6/c1-5-48(57)26-43-39(48)18-22-55(43)29(3)44(33-15-19-50-40-13-11-30(27-56)23-37(33)40)60-46-35-9-7-8-10-36(35)47(53-52-46)61-45(42-24-31-17-21-54(42)28-49(31,58)6-2)34-16-20-51-41-14-12-32(59-4)25-38(34)41/h5-16,19-20,23,25,29,31,39,42-45,56-58H,1-2,17-18,21-22,24,26-28H2,3-4H3/t29?,31?,39-,42?,43?,44+,45+,48+,49-/m1/s1. The molecule has 10 atom stereocenters. The maximum absolute atomic E-state index is 11.6. The highest BCUT2D eigenvalue weighted by Crippen LogP contribution is 2.51. The van der Waals surface area contributed by atoms with Crippen molar-refractivity contribution in [1.29, 1.82) is 0 Å². The highest BCUT2D eigenvalue weighted by Gasteiger charge is 2.58. The Kier molecular flexibility index (Phi) is 10.0. The number of benzene rings is 3. The lowest BCUT2D eigenvalue weighted by atomic mass is 9.65. The van der Waals surface area contributed by atoms with E-state index in [1.807, 2.05) is 79.0 Å². The third-order valence-corrected chi connectivity index (χ3v) is 14.4. The maximum Gasteiger partial charge on any atom is 0.242 e. The topological polar surface area (TPSA) is 146 Å². The van der Waals surface area contributed by atoms with Gasteiger partial charge < -0.3 is 29.5 Å². The molecule has 1 aliphatic carbocycles. The van der Waals surface area contributed by atoms with Crippen molar-refractivity contribution in [2.75, 3.05) is 26.7 Å². The smallest absolute Gasteiger partial charge is 0.242 e. The summed E-state index contributed by atoms with van der Waals surface area (Å²) in [5.41, 5.74) is 2.43. The fourth-order valence-electron chi connectivity index (χ4n) is 11.0. The number of methoxy groups -OCH3 is 1. The Labute approximate surface area is 355 Å². The van der Waals surface area contributed by atoms with Crippen LogP contribution in [0.5, 0.6) is 17.5 Å². The van der Waals surface area contributed by atoms with E-state index in [-0.39, 0.29) is 36.6 Å². The number of fused-ring (bicyclic) bond motifs is 7. The second kappa shape index (κ2) is 15.4. The van der Waals surface area contributed by atoms with Crippen LogP contribution in [0, 0.1) is 11.8 Å². The number of nitrogens with zero attached hydrogens (tertiary/aromatic N) is 6. The molecule has 3 aromatic heterocycles. The summed E-state index contributed by atoms with van der Waals surface area (Å²) in [6.07, 6.45) is 9.03. The largest absolute Gasteiger partial charge is 0.497 e. The third kappa shape index (κ3) is 6.63. The molecule has 12 nitrogen and oxygen atoms in total. The fraction of sp³-hybridized carbons (Fsp3) is 0.388. The van der Waals surface area contributed by atoms with Gasteiger partial charge in [-0.2, -0.15) is 0 Å². The molecule has 5 unspecified atom stereocenters. The second-order valence-corrected chi connectivity index (χ2v) is 17.4. The highest BCUT2D eigenvalue weighted by molar-refractivity contribution is 5.91. The Morgan fingerprint density at radius 3 is 2.18 bits per heavy atom. The van der Waals surface area contributed by atoms with Gasteiger partial charge >= 0.3 is 0 Å². The Hall–Kier alpha value is -5.50. The molecule has 4 aliphatic heterocycles. The maximum atomic E-state index is 11.6. The number of aromatic nitrogens is 4. The van der Waals surface area contributed by atoms with Gasteiger partial charge in [-0.3, -0.25) is 19.8 Å². The summed E-state index contributed by atoms with van der Waals surface area (Å²) in [4.78, 5) is 14.1. The Bertz CT molecular complexity index is 2660. The molecule has 11 rings (SSSR count). The second-order valence-electron chi connectivity index (χ2n) is 17.4. The molecule has 0 amide bonds. The molecule has 0 radical (unpaired) electrons. The van der Waals surface area contributed by atoms with E-state index >= 15 is 0 Å². The summed E-state index contributed by atoms with van der Waals surface area (Å²) in [6, 6.07) is 23.5. The SMILES string of the molecule is C=C[C@@]1(O)CN2CCC1CC2[C@@H](Oc1nnc(O[C@H](c2ccnc3ccc(CO)cc23)C(C)N2CC[C@@H]3C2C[C@@]3(O)C=C)c2ccccc12)c1ccnc2ccc(OC)cc12. The molecular weight excluding hydrogens is 769 g/mol. The van der Waals surface area contributed by atoms with Crippen LogP contribution in [0.25, 0.3) is 32.6 Å². The lowest BCUT2D eigenvalue weighted by molar-refractivity contribution is -0.124. The summed E-state index contributed by atoms with van der Waals surface area (Å²) in [5.74, 6) is 1.58. The lowest BCUT2D eigenvalue weighted by Gasteiger charge is -2.54. The van der Waals surface area contributed by atoms with Gasteiger partial charge in [0, 0.05) is 58.8 Å². The van der Waals surface area contributed by atoms with Crippen molar-refractivity contribution in [3.63, 3.8) is 0 Å². The number of hydrogen-bond donors (Lipinski definition) is 3. The highest BCUT2D eigenvalue weighted by atomic mass is 16.5. The van der Waals surface area contributed by atoms with Crippen LogP contribution in [0.15, 0.2) is 111 Å². The van der Waals surface area contributed by atoms with Crippen LogP contribution >= 0.6 is 0 Å². The molecule has 4 saturated heterocycles. The molecule has 314 valence electrons. The molecule has 61 heavy (non-hydrogen) atoms. The zero-order chi connectivity index (χ0) is 42.0. The van der Waals surface area contributed by atoms with Gasteiger partial charge in [0.05, 0.1) is 52.8 Å². The zero-order valence-electron chi connectivity index (χ0n) is 34.6. The lowest BCUT2D eigenvalue weighted by Crippen LogP contribution is -2.63. The van der Waals surface area contributed by atoms with Crippen molar-refractivity contribution < 1.29 is 29.5 Å². The van der Waals surface area contributed by atoms with Gasteiger partial charge in [0.25, 0.3) is 0 Å². The van der Waals surface area contributed by atoms with Gasteiger partial charge in [-0.25, -0.2) is 0 Å². The first-order chi connectivity index (χ1) is 29.6. The number of aliphatic hydroxyl groups excluding tert-OH is 1. The number of rotatable bonds is 13. The van der Waals surface area contributed by atoms with E-state index in [2.05, 4.69) is 39.8 Å².